The van der Waals surface area contributed by atoms with Crippen molar-refractivity contribution >= 4 is 21.2 Å². The third kappa shape index (κ3) is 4.28. The van der Waals surface area contributed by atoms with Crippen molar-refractivity contribution in [3.8, 4) is 0 Å². The van der Waals surface area contributed by atoms with E-state index in [0.29, 0.717) is 0 Å². The van der Waals surface area contributed by atoms with E-state index in [0.717, 1.165) is 12.3 Å². The summed E-state index contributed by atoms with van der Waals surface area (Å²) in [7, 11) is -3.43. The largest absolute Gasteiger partial charge is 0.416 e. The summed E-state index contributed by atoms with van der Waals surface area (Å²) in [6.07, 6.45) is -6.27. The van der Waals surface area contributed by atoms with E-state index in [-0.39, 0.29) is 16.3 Å². The minimum absolute atomic E-state index is 0.0164. The van der Waals surface area contributed by atoms with E-state index in [9.17, 15) is 21.6 Å². The van der Waals surface area contributed by atoms with Crippen molar-refractivity contribution in [2.45, 2.75) is 17.2 Å². The number of halogens is 3. The van der Waals surface area contributed by atoms with Crippen LogP contribution in [0.4, 0.5) is 24.5 Å². The molecule has 0 heterocycles. The Hall–Kier alpha value is -1.48. The van der Waals surface area contributed by atoms with Gasteiger partial charge in [-0.3, -0.25) is 0 Å². The number of nitrogens with two attached hydrogens (primary N) is 1. The third-order valence-electron chi connectivity index (χ3n) is 2.31. The fraction of sp³-hybridized carbons (Fsp3) is 0.400. The highest BCUT2D eigenvalue weighted by atomic mass is 32.2. The van der Waals surface area contributed by atoms with Crippen LogP contribution in [-0.4, -0.2) is 38.6 Å². The molecule has 0 bridgehead atoms. The van der Waals surface area contributed by atoms with Gasteiger partial charge in [-0.05, 0) is 18.2 Å². The van der Waals surface area contributed by atoms with Crippen molar-refractivity contribution in [2.24, 2.45) is 0 Å². The normalized spacial score (nSPS) is 14.2. The lowest BCUT2D eigenvalue weighted by Gasteiger charge is -2.17. The number of aliphatic hydroxyl groups is 1. The highest BCUT2D eigenvalue weighted by molar-refractivity contribution is 7.90. The van der Waals surface area contributed by atoms with Crippen LogP contribution < -0.4 is 11.1 Å². The second-order valence-corrected chi connectivity index (χ2v) is 5.98. The van der Waals surface area contributed by atoms with Crippen LogP contribution in [0, 0.1) is 0 Å². The number of nitrogens with one attached hydrogen (secondary N) is 1. The van der Waals surface area contributed by atoms with Gasteiger partial charge in [0.05, 0.1) is 16.3 Å². The van der Waals surface area contributed by atoms with Gasteiger partial charge in [-0.25, -0.2) is 8.42 Å². The van der Waals surface area contributed by atoms with Gasteiger partial charge < -0.3 is 16.2 Å². The van der Waals surface area contributed by atoms with Gasteiger partial charge in [0.1, 0.15) is 0 Å². The van der Waals surface area contributed by atoms with Crippen molar-refractivity contribution in [3.05, 3.63) is 18.2 Å². The van der Waals surface area contributed by atoms with Crippen LogP contribution in [0.3, 0.4) is 0 Å². The van der Waals surface area contributed by atoms with Crippen molar-refractivity contribution < 1.29 is 26.7 Å². The smallest absolute Gasteiger partial charge is 0.397 e. The van der Waals surface area contributed by atoms with E-state index >= 15 is 0 Å². The lowest BCUT2D eigenvalue weighted by atomic mass is 10.2. The molecule has 9 heteroatoms. The second kappa shape index (κ2) is 5.25. The summed E-state index contributed by atoms with van der Waals surface area (Å²) in [5.41, 5.74) is 5.63. The van der Waals surface area contributed by atoms with Gasteiger partial charge in [0, 0.05) is 12.8 Å². The van der Waals surface area contributed by atoms with Crippen molar-refractivity contribution in [2.75, 3.05) is 23.9 Å². The van der Waals surface area contributed by atoms with Crippen LogP contribution in [0.1, 0.15) is 0 Å². The Labute approximate surface area is 108 Å². The first-order valence-corrected chi connectivity index (χ1v) is 6.99. The van der Waals surface area contributed by atoms with Crippen LogP contribution in [-0.2, 0) is 9.84 Å². The first kappa shape index (κ1) is 15.6. The molecule has 0 radical (unpaired) electrons. The van der Waals surface area contributed by atoms with Gasteiger partial charge >= 0.3 is 6.18 Å². The van der Waals surface area contributed by atoms with E-state index in [2.05, 4.69) is 5.32 Å². The Morgan fingerprint density at radius 3 is 2.42 bits per heavy atom. The number of sulfone groups is 1. The molecule has 1 unspecified atom stereocenters. The first-order chi connectivity index (χ1) is 8.51. The number of rotatable bonds is 4. The standard InChI is InChI=1S/C10H13F3N2O3S/c1-19(17,18)6-2-3-8(7(14)4-6)15-5-9(16)10(11,12)13/h2-4,9,15-16H,5,14H2,1H3. The summed E-state index contributed by atoms with van der Waals surface area (Å²) in [5, 5.41) is 11.1. The van der Waals surface area contributed by atoms with Crippen molar-refractivity contribution in [3.63, 3.8) is 0 Å². The Balaban J connectivity index is 2.82. The molecule has 19 heavy (non-hydrogen) atoms. The fourth-order valence-corrected chi connectivity index (χ4v) is 1.91. The molecule has 1 atom stereocenters. The summed E-state index contributed by atoms with van der Waals surface area (Å²) in [6, 6.07) is 3.60. The lowest BCUT2D eigenvalue weighted by Crippen LogP contribution is -2.35. The maximum absolute atomic E-state index is 12.1. The van der Waals surface area contributed by atoms with Gasteiger partial charge in [0.2, 0.25) is 0 Å². The van der Waals surface area contributed by atoms with E-state index < -0.39 is 28.7 Å². The fourth-order valence-electron chi connectivity index (χ4n) is 1.25. The molecular weight excluding hydrogens is 285 g/mol. The van der Waals surface area contributed by atoms with Gasteiger partial charge in [0.15, 0.2) is 15.9 Å². The molecule has 0 spiro atoms. The van der Waals surface area contributed by atoms with E-state index in [1.165, 1.54) is 12.1 Å². The number of anilines is 2. The summed E-state index contributed by atoms with van der Waals surface area (Å²) >= 11 is 0. The van der Waals surface area contributed by atoms with Crippen LogP contribution >= 0.6 is 0 Å². The second-order valence-electron chi connectivity index (χ2n) is 3.96. The molecule has 0 saturated heterocycles. The molecule has 1 rings (SSSR count). The number of nitrogen functional groups attached to an aromatic ring is 1. The molecule has 0 aliphatic rings. The van der Waals surface area contributed by atoms with Gasteiger partial charge in [-0.2, -0.15) is 13.2 Å². The molecule has 0 amide bonds. The lowest BCUT2D eigenvalue weighted by molar-refractivity contribution is -0.198. The maximum atomic E-state index is 12.1. The number of aliphatic hydroxyl groups excluding tert-OH is 1. The highest BCUT2D eigenvalue weighted by Crippen LogP contribution is 2.24. The molecule has 108 valence electrons. The summed E-state index contributed by atoms with van der Waals surface area (Å²) in [6.45, 7) is -0.772. The average molecular weight is 298 g/mol. The van der Waals surface area contributed by atoms with Gasteiger partial charge in [0.25, 0.3) is 0 Å². The molecule has 0 aliphatic heterocycles. The Morgan fingerprint density at radius 1 is 1.42 bits per heavy atom. The van der Waals surface area contributed by atoms with E-state index in [1.807, 2.05) is 0 Å². The summed E-state index contributed by atoms with van der Waals surface area (Å²) in [4.78, 5) is -0.0353. The molecule has 0 fully saturated rings. The van der Waals surface area contributed by atoms with Crippen LogP contribution in [0.25, 0.3) is 0 Å². The zero-order chi connectivity index (χ0) is 14.8. The van der Waals surface area contributed by atoms with Crippen molar-refractivity contribution in [1.29, 1.82) is 0 Å². The molecule has 5 nitrogen and oxygen atoms in total. The van der Waals surface area contributed by atoms with E-state index in [4.69, 9.17) is 10.8 Å². The quantitative estimate of drug-likeness (QED) is 0.721. The Kier molecular flexibility index (Phi) is 4.31. The van der Waals surface area contributed by atoms with Crippen LogP contribution in [0.15, 0.2) is 23.1 Å². The third-order valence-corrected chi connectivity index (χ3v) is 3.43. The number of benzene rings is 1. The maximum Gasteiger partial charge on any atom is 0.416 e. The molecule has 1 aromatic carbocycles. The minimum atomic E-state index is -4.73. The predicted molar refractivity (Wildman–Crippen MR) is 64.5 cm³/mol. The number of hydrogen-bond donors (Lipinski definition) is 3. The highest BCUT2D eigenvalue weighted by Gasteiger charge is 2.37. The van der Waals surface area contributed by atoms with Crippen molar-refractivity contribution in [1.82, 2.24) is 0 Å². The number of alkyl halides is 3. The van der Waals surface area contributed by atoms with Crippen LogP contribution in [0.5, 0.6) is 0 Å². The van der Waals surface area contributed by atoms with Gasteiger partial charge in [-0.15, -0.1) is 0 Å². The average Bonchev–Trinajstić information content (AvgIpc) is 2.24. The monoisotopic (exact) mass is 298 g/mol. The topological polar surface area (TPSA) is 92.4 Å². The zero-order valence-electron chi connectivity index (χ0n) is 9.90. The molecule has 0 aromatic heterocycles. The van der Waals surface area contributed by atoms with Crippen LogP contribution in [0.2, 0.25) is 0 Å². The molecule has 1 aromatic rings. The predicted octanol–water partition coefficient (Wildman–Crippen LogP) is 1.01. The molecular formula is C10H13F3N2O3S. The minimum Gasteiger partial charge on any atom is -0.397 e. The zero-order valence-corrected chi connectivity index (χ0v) is 10.7. The van der Waals surface area contributed by atoms with E-state index in [1.54, 1.807) is 0 Å². The number of hydrogen-bond acceptors (Lipinski definition) is 5. The molecule has 4 N–H and O–H groups in total. The SMILES string of the molecule is CS(=O)(=O)c1ccc(NCC(O)C(F)(F)F)c(N)c1. The molecule has 0 saturated carbocycles. The molecule has 0 aliphatic carbocycles. The first-order valence-electron chi connectivity index (χ1n) is 5.10. The Morgan fingerprint density at radius 2 is 2.00 bits per heavy atom. The van der Waals surface area contributed by atoms with Gasteiger partial charge in [-0.1, -0.05) is 0 Å². The Bertz CT molecular complexity index is 558. The summed E-state index contributed by atoms with van der Waals surface area (Å²) < 4.78 is 58.7. The summed E-state index contributed by atoms with van der Waals surface area (Å²) in [5.74, 6) is 0.